The molecular formula is C9H15NO4. The highest BCUT2D eigenvalue weighted by atomic mass is 16.5. The fourth-order valence-corrected chi connectivity index (χ4v) is 1.22. The van der Waals surface area contributed by atoms with Crippen LogP contribution < -0.4 is 0 Å². The number of carbonyl (C=O) groups excluding carboxylic acids is 2. The fraction of sp³-hybridized carbons (Fsp3) is 0.778. The molecule has 0 amide bonds. The Balaban J connectivity index is 2.13. The average Bonchev–Trinajstić information content (AvgIpc) is 2.94. The van der Waals surface area contributed by atoms with Gasteiger partial charge in [-0.1, -0.05) is 0 Å². The van der Waals surface area contributed by atoms with Gasteiger partial charge in [0.25, 0.3) is 0 Å². The molecule has 0 aromatic heterocycles. The predicted octanol–water partition coefficient (Wildman–Crippen LogP) is -0.203. The van der Waals surface area contributed by atoms with Crippen LogP contribution in [0.1, 0.15) is 13.3 Å². The highest BCUT2D eigenvalue weighted by Gasteiger charge is 2.41. The number of ether oxygens (including phenoxy) is 2. The molecule has 1 aliphatic heterocycles. The first-order chi connectivity index (χ1) is 6.69. The van der Waals surface area contributed by atoms with Gasteiger partial charge in [0.1, 0.15) is 6.04 Å². The molecule has 0 aliphatic carbocycles. The van der Waals surface area contributed by atoms with Crippen LogP contribution >= 0.6 is 0 Å². The molecule has 0 radical (unpaired) electrons. The number of hydrogen-bond donors (Lipinski definition) is 0. The lowest BCUT2D eigenvalue weighted by Crippen LogP contribution is -2.18. The number of methoxy groups -OCH3 is 1. The number of carbonyl (C=O) groups is 2. The van der Waals surface area contributed by atoms with E-state index in [1.54, 1.807) is 6.92 Å². The molecule has 5 nitrogen and oxygen atoms in total. The first kappa shape index (κ1) is 11.0. The van der Waals surface area contributed by atoms with Gasteiger partial charge in [-0.25, -0.2) is 0 Å². The van der Waals surface area contributed by atoms with Crippen molar-refractivity contribution in [3.8, 4) is 0 Å². The van der Waals surface area contributed by atoms with Crippen molar-refractivity contribution < 1.29 is 19.1 Å². The van der Waals surface area contributed by atoms with E-state index in [-0.39, 0.29) is 18.0 Å². The van der Waals surface area contributed by atoms with Crippen LogP contribution in [0.25, 0.3) is 0 Å². The minimum Gasteiger partial charge on any atom is -0.469 e. The van der Waals surface area contributed by atoms with Gasteiger partial charge in [0, 0.05) is 13.1 Å². The third-order valence-corrected chi connectivity index (χ3v) is 2.10. The van der Waals surface area contributed by atoms with Gasteiger partial charge in [-0.15, -0.1) is 0 Å². The summed E-state index contributed by atoms with van der Waals surface area (Å²) in [6.45, 7) is 3.44. The molecule has 1 saturated heterocycles. The van der Waals surface area contributed by atoms with E-state index in [0.29, 0.717) is 26.1 Å². The molecule has 1 aliphatic rings. The van der Waals surface area contributed by atoms with Gasteiger partial charge >= 0.3 is 11.9 Å². The standard InChI is InChI=1S/C9H15NO4/c1-3-14-9(12)7-6-10(7)5-4-8(11)13-2/h7H,3-6H2,1-2H3/t7-,10?/m1/s1. The van der Waals surface area contributed by atoms with Crippen LogP contribution in [-0.2, 0) is 19.1 Å². The molecule has 1 unspecified atom stereocenters. The lowest BCUT2D eigenvalue weighted by atomic mass is 10.4. The molecule has 1 fully saturated rings. The molecule has 2 atom stereocenters. The van der Waals surface area contributed by atoms with Gasteiger partial charge in [0.15, 0.2) is 0 Å². The predicted molar refractivity (Wildman–Crippen MR) is 48.6 cm³/mol. The SMILES string of the molecule is CCOC(=O)[C@H]1CN1CCC(=O)OC. The highest BCUT2D eigenvalue weighted by molar-refractivity contribution is 5.79. The summed E-state index contributed by atoms with van der Waals surface area (Å²) < 4.78 is 9.32. The summed E-state index contributed by atoms with van der Waals surface area (Å²) in [6, 6.07) is -0.139. The van der Waals surface area contributed by atoms with Gasteiger partial charge in [0.05, 0.1) is 20.1 Å². The van der Waals surface area contributed by atoms with Gasteiger partial charge in [0.2, 0.25) is 0 Å². The van der Waals surface area contributed by atoms with E-state index in [4.69, 9.17) is 4.74 Å². The monoisotopic (exact) mass is 201 g/mol. The summed E-state index contributed by atoms with van der Waals surface area (Å²) >= 11 is 0. The van der Waals surface area contributed by atoms with E-state index in [1.165, 1.54) is 7.11 Å². The first-order valence-corrected chi connectivity index (χ1v) is 4.66. The lowest BCUT2D eigenvalue weighted by Gasteiger charge is -2.02. The molecule has 80 valence electrons. The minimum atomic E-state index is -0.250. The second-order valence-corrected chi connectivity index (χ2v) is 3.09. The summed E-state index contributed by atoms with van der Waals surface area (Å²) in [4.78, 5) is 23.8. The molecule has 1 rings (SSSR count). The molecule has 5 heteroatoms. The first-order valence-electron chi connectivity index (χ1n) is 4.66. The summed E-state index contributed by atoms with van der Waals surface area (Å²) in [5.41, 5.74) is 0. The van der Waals surface area contributed by atoms with Crippen molar-refractivity contribution >= 4 is 11.9 Å². The molecule has 0 saturated carbocycles. The zero-order valence-corrected chi connectivity index (χ0v) is 8.49. The third kappa shape index (κ3) is 2.99. The molecule has 1 heterocycles. The van der Waals surface area contributed by atoms with E-state index < -0.39 is 0 Å². The number of esters is 2. The van der Waals surface area contributed by atoms with Crippen molar-refractivity contribution in [2.24, 2.45) is 0 Å². The highest BCUT2D eigenvalue weighted by Crippen LogP contribution is 2.18. The Kier molecular flexibility index (Phi) is 3.88. The summed E-state index contributed by atoms with van der Waals surface area (Å²) in [5, 5.41) is 0. The molecule has 0 spiro atoms. The Labute approximate surface area is 83.0 Å². The van der Waals surface area contributed by atoms with Crippen LogP contribution in [0.5, 0.6) is 0 Å². The molecule has 0 aromatic carbocycles. The van der Waals surface area contributed by atoms with Crippen LogP contribution in [0.2, 0.25) is 0 Å². The van der Waals surface area contributed by atoms with Crippen molar-refractivity contribution in [3.05, 3.63) is 0 Å². The smallest absolute Gasteiger partial charge is 0.324 e. The van der Waals surface area contributed by atoms with Crippen molar-refractivity contribution in [1.82, 2.24) is 4.90 Å². The number of hydrogen-bond acceptors (Lipinski definition) is 5. The molecule has 0 aromatic rings. The van der Waals surface area contributed by atoms with E-state index in [0.717, 1.165) is 0 Å². The largest absolute Gasteiger partial charge is 0.469 e. The second kappa shape index (κ2) is 4.95. The maximum Gasteiger partial charge on any atom is 0.324 e. The molecule has 0 bridgehead atoms. The lowest BCUT2D eigenvalue weighted by molar-refractivity contribution is -0.144. The van der Waals surface area contributed by atoms with Crippen molar-refractivity contribution in [2.75, 3.05) is 26.8 Å². The maximum atomic E-state index is 11.1. The topological polar surface area (TPSA) is 55.6 Å². The summed E-state index contributed by atoms with van der Waals surface area (Å²) in [7, 11) is 1.35. The van der Waals surface area contributed by atoms with Crippen molar-refractivity contribution in [2.45, 2.75) is 19.4 Å². The normalized spacial score (nSPS) is 24.1. The number of rotatable bonds is 5. The Bertz CT molecular complexity index is 229. The van der Waals surface area contributed by atoms with Crippen LogP contribution in [0.3, 0.4) is 0 Å². The number of nitrogens with zero attached hydrogens (tertiary/aromatic N) is 1. The second-order valence-electron chi connectivity index (χ2n) is 3.09. The van der Waals surface area contributed by atoms with Gasteiger partial charge in [-0.05, 0) is 6.92 Å². The third-order valence-electron chi connectivity index (χ3n) is 2.10. The zero-order chi connectivity index (χ0) is 10.6. The van der Waals surface area contributed by atoms with Crippen molar-refractivity contribution in [1.29, 1.82) is 0 Å². The Morgan fingerprint density at radius 3 is 2.79 bits per heavy atom. The quantitative estimate of drug-likeness (QED) is 0.455. The van der Waals surface area contributed by atoms with Crippen LogP contribution in [0, 0.1) is 0 Å². The van der Waals surface area contributed by atoms with E-state index >= 15 is 0 Å². The van der Waals surface area contributed by atoms with E-state index in [9.17, 15) is 9.59 Å². The molecule has 0 N–H and O–H groups in total. The van der Waals surface area contributed by atoms with Crippen LogP contribution in [0.4, 0.5) is 0 Å². The van der Waals surface area contributed by atoms with Gasteiger partial charge in [-0.2, -0.15) is 0 Å². The minimum absolute atomic E-state index is 0.139. The van der Waals surface area contributed by atoms with Gasteiger partial charge in [-0.3, -0.25) is 14.5 Å². The summed E-state index contributed by atoms with van der Waals surface area (Å²) in [6.07, 6.45) is 0.326. The summed E-state index contributed by atoms with van der Waals surface area (Å²) in [5.74, 6) is -0.447. The Morgan fingerprint density at radius 1 is 1.50 bits per heavy atom. The van der Waals surface area contributed by atoms with Gasteiger partial charge < -0.3 is 9.47 Å². The zero-order valence-electron chi connectivity index (χ0n) is 8.49. The Morgan fingerprint density at radius 2 is 2.21 bits per heavy atom. The van der Waals surface area contributed by atoms with Crippen molar-refractivity contribution in [3.63, 3.8) is 0 Å². The molecule has 14 heavy (non-hydrogen) atoms. The maximum absolute atomic E-state index is 11.1. The van der Waals surface area contributed by atoms with Crippen LogP contribution in [0.15, 0.2) is 0 Å². The fourth-order valence-electron chi connectivity index (χ4n) is 1.22. The molecular weight excluding hydrogens is 186 g/mol. The van der Waals surface area contributed by atoms with E-state index in [1.807, 2.05) is 4.90 Å². The van der Waals surface area contributed by atoms with Crippen LogP contribution in [-0.4, -0.2) is 49.7 Å². The van der Waals surface area contributed by atoms with E-state index in [2.05, 4.69) is 4.74 Å². The average molecular weight is 201 g/mol. The Hall–Kier alpha value is -1.10.